The van der Waals surface area contributed by atoms with E-state index in [1.54, 1.807) is 25.5 Å². The van der Waals surface area contributed by atoms with E-state index in [-0.39, 0.29) is 12.3 Å². The average molecular weight is 469 g/mol. The average Bonchev–Trinajstić information content (AvgIpc) is 2.74. The lowest BCUT2D eigenvalue weighted by molar-refractivity contribution is -0.384. The Morgan fingerprint density at radius 3 is 2.53 bits per heavy atom. The van der Waals surface area contributed by atoms with Gasteiger partial charge < -0.3 is 9.47 Å². The number of halogens is 1. The summed E-state index contributed by atoms with van der Waals surface area (Å²) in [6.45, 7) is 4.36. The van der Waals surface area contributed by atoms with Gasteiger partial charge in [-0.15, -0.1) is 0 Å². The SMILES string of the molecule is COc1cc(C=Nc2cccc(C)c2C)cc(Br)c1OCc1ccc([N+](=O)[O-])cc1. The molecule has 0 saturated heterocycles. The van der Waals surface area contributed by atoms with Crippen molar-refractivity contribution in [3.63, 3.8) is 0 Å². The molecule has 0 fully saturated rings. The fourth-order valence-corrected chi connectivity index (χ4v) is 3.42. The maximum absolute atomic E-state index is 10.8. The molecule has 0 bridgehead atoms. The van der Waals surface area contributed by atoms with Gasteiger partial charge in [0.25, 0.3) is 5.69 Å². The van der Waals surface area contributed by atoms with Gasteiger partial charge in [0.05, 0.1) is 22.2 Å². The second-order valence-corrected chi connectivity index (χ2v) is 7.58. The third kappa shape index (κ3) is 5.04. The molecular weight excluding hydrogens is 448 g/mol. The van der Waals surface area contributed by atoms with Crippen LogP contribution < -0.4 is 9.47 Å². The van der Waals surface area contributed by atoms with E-state index in [0.29, 0.717) is 11.5 Å². The summed E-state index contributed by atoms with van der Waals surface area (Å²) in [6.07, 6.45) is 1.79. The van der Waals surface area contributed by atoms with E-state index >= 15 is 0 Å². The normalized spacial score (nSPS) is 10.9. The fraction of sp³-hybridized carbons (Fsp3) is 0.174. The monoisotopic (exact) mass is 468 g/mol. The summed E-state index contributed by atoms with van der Waals surface area (Å²) < 4.78 is 12.1. The van der Waals surface area contributed by atoms with Gasteiger partial charge in [0.2, 0.25) is 0 Å². The molecule has 0 aliphatic rings. The molecule has 0 unspecified atom stereocenters. The van der Waals surface area contributed by atoms with Crippen LogP contribution in [0, 0.1) is 24.0 Å². The zero-order chi connectivity index (χ0) is 21.7. The van der Waals surface area contributed by atoms with Gasteiger partial charge in [-0.05, 0) is 82.4 Å². The number of methoxy groups -OCH3 is 1. The highest BCUT2D eigenvalue weighted by molar-refractivity contribution is 9.10. The van der Waals surface area contributed by atoms with Gasteiger partial charge in [-0.25, -0.2) is 0 Å². The van der Waals surface area contributed by atoms with Crippen LogP contribution in [0.4, 0.5) is 11.4 Å². The van der Waals surface area contributed by atoms with E-state index in [0.717, 1.165) is 26.9 Å². The van der Waals surface area contributed by atoms with Crippen LogP contribution in [-0.2, 0) is 6.61 Å². The van der Waals surface area contributed by atoms with Gasteiger partial charge in [0.1, 0.15) is 6.61 Å². The standard InChI is InChI=1S/C23H21BrN2O4/c1-15-5-4-6-21(16(15)2)25-13-18-11-20(24)23(22(12-18)29-3)30-14-17-7-9-19(10-8-17)26(27)28/h4-13H,14H2,1-3H3. The number of benzene rings is 3. The number of hydrogen-bond donors (Lipinski definition) is 0. The van der Waals surface area contributed by atoms with Gasteiger partial charge in [-0.1, -0.05) is 12.1 Å². The molecule has 0 aromatic heterocycles. The van der Waals surface area contributed by atoms with Crippen LogP contribution in [-0.4, -0.2) is 18.2 Å². The van der Waals surface area contributed by atoms with E-state index in [9.17, 15) is 10.1 Å². The molecule has 3 rings (SSSR count). The molecule has 0 aliphatic heterocycles. The lowest BCUT2D eigenvalue weighted by atomic mass is 10.1. The molecule has 7 heteroatoms. The molecular formula is C23H21BrN2O4. The summed E-state index contributed by atoms with van der Waals surface area (Å²) in [5.74, 6) is 1.12. The quantitative estimate of drug-likeness (QED) is 0.231. The number of ether oxygens (including phenoxy) is 2. The second kappa shape index (κ2) is 9.54. The van der Waals surface area contributed by atoms with Gasteiger partial charge in [0.15, 0.2) is 11.5 Å². The third-order valence-corrected chi connectivity index (χ3v) is 5.30. The largest absolute Gasteiger partial charge is 0.493 e. The molecule has 0 atom stereocenters. The first-order valence-electron chi connectivity index (χ1n) is 9.23. The first-order valence-corrected chi connectivity index (χ1v) is 10.0. The molecule has 0 saturated carbocycles. The number of aryl methyl sites for hydroxylation is 1. The topological polar surface area (TPSA) is 74.0 Å². The Labute approximate surface area is 183 Å². The molecule has 0 N–H and O–H groups in total. The van der Waals surface area contributed by atoms with Crippen molar-refractivity contribution in [1.82, 2.24) is 0 Å². The van der Waals surface area contributed by atoms with Gasteiger partial charge >= 0.3 is 0 Å². The van der Waals surface area contributed by atoms with E-state index < -0.39 is 4.92 Å². The minimum atomic E-state index is -0.428. The number of aliphatic imine (C=N–C) groups is 1. The van der Waals surface area contributed by atoms with Gasteiger partial charge in [-0.2, -0.15) is 0 Å². The first-order chi connectivity index (χ1) is 14.4. The first kappa shape index (κ1) is 21.5. The Kier molecular flexibility index (Phi) is 6.84. The Hall–Kier alpha value is -3.19. The number of hydrogen-bond acceptors (Lipinski definition) is 5. The van der Waals surface area contributed by atoms with Crippen LogP contribution in [0.2, 0.25) is 0 Å². The molecule has 3 aromatic rings. The Balaban J connectivity index is 1.79. The molecule has 0 heterocycles. The smallest absolute Gasteiger partial charge is 0.269 e. The van der Waals surface area contributed by atoms with Crippen molar-refractivity contribution in [3.05, 3.63) is 91.4 Å². The number of non-ortho nitro benzene ring substituents is 1. The molecule has 0 aliphatic carbocycles. The molecule has 0 radical (unpaired) electrons. The Morgan fingerprint density at radius 1 is 1.13 bits per heavy atom. The highest BCUT2D eigenvalue weighted by atomic mass is 79.9. The maximum atomic E-state index is 10.8. The lowest BCUT2D eigenvalue weighted by Gasteiger charge is -2.13. The van der Waals surface area contributed by atoms with Crippen molar-refractivity contribution in [1.29, 1.82) is 0 Å². The summed E-state index contributed by atoms with van der Waals surface area (Å²) in [7, 11) is 1.58. The van der Waals surface area contributed by atoms with E-state index in [1.165, 1.54) is 17.7 Å². The molecule has 0 spiro atoms. The van der Waals surface area contributed by atoms with Crippen molar-refractivity contribution in [2.45, 2.75) is 20.5 Å². The molecule has 154 valence electrons. The van der Waals surface area contributed by atoms with Crippen molar-refractivity contribution >= 4 is 33.5 Å². The molecule has 0 amide bonds. The van der Waals surface area contributed by atoms with Crippen LogP contribution in [0.1, 0.15) is 22.3 Å². The summed E-state index contributed by atoms with van der Waals surface area (Å²) in [6, 6.07) is 16.0. The predicted molar refractivity (Wildman–Crippen MR) is 121 cm³/mol. The minimum absolute atomic E-state index is 0.0463. The van der Waals surface area contributed by atoms with Crippen LogP contribution in [0.5, 0.6) is 11.5 Å². The van der Waals surface area contributed by atoms with Crippen molar-refractivity contribution in [2.75, 3.05) is 7.11 Å². The third-order valence-electron chi connectivity index (χ3n) is 4.71. The number of nitrogens with zero attached hydrogens (tertiary/aromatic N) is 2. The maximum Gasteiger partial charge on any atom is 0.269 e. The van der Waals surface area contributed by atoms with E-state index in [2.05, 4.69) is 33.9 Å². The zero-order valence-electron chi connectivity index (χ0n) is 16.9. The summed E-state index contributed by atoms with van der Waals surface area (Å²) in [4.78, 5) is 14.9. The summed E-state index contributed by atoms with van der Waals surface area (Å²) in [5.41, 5.74) is 4.98. The van der Waals surface area contributed by atoms with E-state index in [4.69, 9.17) is 9.47 Å². The zero-order valence-corrected chi connectivity index (χ0v) is 18.5. The molecule has 30 heavy (non-hydrogen) atoms. The van der Waals surface area contributed by atoms with Gasteiger partial charge in [0, 0.05) is 18.3 Å². The second-order valence-electron chi connectivity index (χ2n) is 6.72. The van der Waals surface area contributed by atoms with Crippen molar-refractivity contribution < 1.29 is 14.4 Å². The summed E-state index contributed by atoms with van der Waals surface area (Å²) >= 11 is 3.54. The van der Waals surface area contributed by atoms with E-state index in [1.807, 2.05) is 31.2 Å². The Bertz CT molecular complexity index is 1100. The summed E-state index contributed by atoms with van der Waals surface area (Å²) in [5, 5.41) is 10.8. The van der Waals surface area contributed by atoms with Crippen molar-refractivity contribution in [3.8, 4) is 11.5 Å². The highest BCUT2D eigenvalue weighted by Crippen LogP contribution is 2.37. The predicted octanol–water partition coefficient (Wildman–Crippen LogP) is 6.31. The van der Waals surface area contributed by atoms with Crippen LogP contribution >= 0.6 is 15.9 Å². The lowest BCUT2D eigenvalue weighted by Crippen LogP contribution is -2.00. The molecule has 6 nitrogen and oxygen atoms in total. The number of nitro benzene ring substituents is 1. The van der Waals surface area contributed by atoms with Gasteiger partial charge in [-0.3, -0.25) is 15.1 Å². The number of nitro groups is 1. The van der Waals surface area contributed by atoms with Crippen LogP contribution in [0.15, 0.2) is 64.1 Å². The fourth-order valence-electron chi connectivity index (χ4n) is 2.84. The Morgan fingerprint density at radius 2 is 1.87 bits per heavy atom. The minimum Gasteiger partial charge on any atom is -0.493 e. The molecule has 3 aromatic carbocycles. The highest BCUT2D eigenvalue weighted by Gasteiger charge is 2.12. The number of rotatable bonds is 7. The van der Waals surface area contributed by atoms with Crippen LogP contribution in [0.25, 0.3) is 0 Å². The van der Waals surface area contributed by atoms with Crippen LogP contribution in [0.3, 0.4) is 0 Å². The van der Waals surface area contributed by atoms with Crippen molar-refractivity contribution in [2.24, 2.45) is 4.99 Å².